The van der Waals surface area contributed by atoms with Crippen molar-refractivity contribution < 1.29 is 24.2 Å². The van der Waals surface area contributed by atoms with Crippen molar-refractivity contribution in [1.82, 2.24) is 15.6 Å². The molecule has 8 heteroatoms. The van der Waals surface area contributed by atoms with Crippen molar-refractivity contribution >= 4 is 17.8 Å². The first-order chi connectivity index (χ1) is 13.9. The molecule has 8 nitrogen and oxygen atoms in total. The third-order valence-corrected chi connectivity index (χ3v) is 4.71. The molecule has 152 valence electrons. The van der Waals surface area contributed by atoms with E-state index in [0.717, 1.165) is 25.0 Å². The van der Waals surface area contributed by atoms with Crippen LogP contribution in [0.25, 0.3) is 0 Å². The van der Waals surface area contributed by atoms with Gasteiger partial charge in [-0.05, 0) is 49.6 Å². The molecule has 0 spiro atoms. The number of aromatic nitrogens is 1. The summed E-state index contributed by atoms with van der Waals surface area (Å²) in [7, 11) is 0. The van der Waals surface area contributed by atoms with Gasteiger partial charge < -0.3 is 20.5 Å². The largest absolute Gasteiger partial charge is 0.478 e. The molecule has 1 atom stereocenters. The fraction of sp³-hybridized carbons (Fsp3) is 0.333. The van der Waals surface area contributed by atoms with E-state index < -0.39 is 11.9 Å². The highest BCUT2D eigenvalue weighted by molar-refractivity contribution is 5.95. The first kappa shape index (κ1) is 20.5. The summed E-state index contributed by atoms with van der Waals surface area (Å²) in [4.78, 5) is 39.7. The first-order valence-corrected chi connectivity index (χ1v) is 9.42. The van der Waals surface area contributed by atoms with Gasteiger partial charge in [0, 0.05) is 25.3 Å². The van der Waals surface area contributed by atoms with E-state index in [2.05, 4.69) is 15.6 Å². The number of nitrogens with zero attached hydrogens (tertiary/aromatic N) is 1. The third kappa shape index (κ3) is 5.39. The van der Waals surface area contributed by atoms with Gasteiger partial charge in [0.1, 0.15) is 5.69 Å². The molecule has 1 saturated heterocycles. The van der Waals surface area contributed by atoms with Gasteiger partial charge in [0.15, 0.2) is 0 Å². The molecule has 1 aliphatic heterocycles. The van der Waals surface area contributed by atoms with Crippen LogP contribution in [0.15, 0.2) is 36.4 Å². The number of carbonyl (C=O) groups excluding carboxylic acids is 2. The predicted molar refractivity (Wildman–Crippen MR) is 105 cm³/mol. The van der Waals surface area contributed by atoms with Gasteiger partial charge in [0.2, 0.25) is 0 Å². The molecule has 3 N–H and O–H groups in total. The van der Waals surface area contributed by atoms with E-state index in [0.29, 0.717) is 12.1 Å². The average Bonchev–Trinajstić information content (AvgIpc) is 3.23. The van der Waals surface area contributed by atoms with Crippen LogP contribution in [0.5, 0.6) is 0 Å². The first-order valence-electron chi connectivity index (χ1n) is 9.42. The molecule has 2 amide bonds. The average molecular weight is 397 g/mol. The summed E-state index contributed by atoms with van der Waals surface area (Å²) < 4.78 is 5.50. The van der Waals surface area contributed by atoms with Crippen molar-refractivity contribution in [2.45, 2.75) is 32.4 Å². The van der Waals surface area contributed by atoms with Crippen LogP contribution in [-0.2, 0) is 11.3 Å². The maximum atomic E-state index is 12.3. The van der Waals surface area contributed by atoms with Gasteiger partial charge in [-0.1, -0.05) is 12.1 Å². The molecule has 29 heavy (non-hydrogen) atoms. The second-order valence-corrected chi connectivity index (χ2v) is 6.86. The number of hydrogen-bond donors (Lipinski definition) is 3. The SMILES string of the molecule is Cc1nc(C(=O)NCc2cccc(C(=O)NCC3CCCO3)c2)ccc1C(=O)O. The van der Waals surface area contributed by atoms with E-state index in [-0.39, 0.29) is 35.5 Å². The normalized spacial score (nSPS) is 15.7. The zero-order valence-electron chi connectivity index (χ0n) is 16.1. The molecule has 1 unspecified atom stereocenters. The maximum Gasteiger partial charge on any atom is 0.337 e. The summed E-state index contributed by atoms with van der Waals surface area (Å²) in [5, 5.41) is 14.6. The highest BCUT2D eigenvalue weighted by atomic mass is 16.5. The summed E-state index contributed by atoms with van der Waals surface area (Å²) in [6, 6.07) is 9.73. The fourth-order valence-corrected chi connectivity index (χ4v) is 3.12. The van der Waals surface area contributed by atoms with Gasteiger partial charge >= 0.3 is 5.97 Å². The lowest BCUT2D eigenvalue weighted by Crippen LogP contribution is -2.31. The number of carbonyl (C=O) groups is 3. The summed E-state index contributed by atoms with van der Waals surface area (Å²) in [6.07, 6.45) is 2.04. The number of aryl methyl sites for hydroxylation is 1. The predicted octanol–water partition coefficient (Wildman–Crippen LogP) is 1.93. The van der Waals surface area contributed by atoms with E-state index >= 15 is 0 Å². The zero-order chi connectivity index (χ0) is 20.8. The van der Waals surface area contributed by atoms with Crippen LogP contribution in [0.2, 0.25) is 0 Å². The molecule has 1 aromatic heterocycles. The van der Waals surface area contributed by atoms with E-state index in [1.54, 1.807) is 25.1 Å². The minimum absolute atomic E-state index is 0.0586. The molecule has 1 aliphatic rings. The molecule has 0 saturated carbocycles. The molecule has 2 heterocycles. The number of aromatic carboxylic acids is 1. The van der Waals surface area contributed by atoms with Crippen molar-refractivity contribution in [3.05, 3.63) is 64.5 Å². The highest BCUT2D eigenvalue weighted by Gasteiger charge is 2.17. The number of amides is 2. The molecule has 0 bridgehead atoms. The number of carboxylic acid groups (broad SMARTS) is 1. The minimum atomic E-state index is -1.09. The van der Waals surface area contributed by atoms with Gasteiger partial charge in [-0.3, -0.25) is 9.59 Å². The van der Waals surface area contributed by atoms with Crippen molar-refractivity contribution in [1.29, 1.82) is 0 Å². The fourth-order valence-electron chi connectivity index (χ4n) is 3.12. The summed E-state index contributed by atoms with van der Waals surface area (Å²) in [5.41, 5.74) is 1.74. The standard InChI is InChI=1S/C21H23N3O5/c1-13-17(21(27)28)7-8-18(24-13)20(26)22-11-14-4-2-5-15(10-14)19(25)23-12-16-6-3-9-29-16/h2,4-5,7-8,10,16H,3,6,9,11-12H2,1H3,(H,22,26)(H,23,25)(H,27,28). The van der Waals surface area contributed by atoms with E-state index in [1.165, 1.54) is 12.1 Å². The summed E-state index contributed by atoms with van der Waals surface area (Å²) in [5.74, 6) is -1.69. The van der Waals surface area contributed by atoms with E-state index in [4.69, 9.17) is 9.84 Å². The van der Waals surface area contributed by atoms with Gasteiger partial charge in [0.05, 0.1) is 17.4 Å². The van der Waals surface area contributed by atoms with E-state index in [1.807, 2.05) is 6.07 Å². The Hall–Kier alpha value is -3.26. The Morgan fingerprint density at radius 3 is 2.69 bits per heavy atom. The molecular weight excluding hydrogens is 374 g/mol. The van der Waals surface area contributed by atoms with Crippen LogP contribution in [-0.4, -0.2) is 47.1 Å². The van der Waals surface area contributed by atoms with Crippen LogP contribution in [0, 0.1) is 6.92 Å². The molecule has 3 rings (SSSR count). The Morgan fingerprint density at radius 2 is 2.00 bits per heavy atom. The number of rotatable bonds is 7. The van der Waals surface area contributed by atoms with Crippen molar-refractivity contribution in [2.24, 2.45) is 0 Å². The lowest BCUT2D eigenvalue weighted by Gasteiger charge is -2.11. The maximum absolute atomic E-state index is 12.3. The molecule has 0 aliphatic carbocycles. The van der Waals surface area contributed by atoms with Crippen LogP contribution in [0.1, 0.15) is 55.3 Å². The van der Waals surface area contributed by atoms with Crippen molar-refractivity contribution in [3.8, 4) is 0 Å². The monoisotopic (exact) mass is 397 g/mol. The smallest absolute Gasteiger partial charge is 0.337 e. The Bertz CT molecular complexity index is 922. The van der Waals surface area contributed by atoms with Crippen LogP contribution in [0.3, 0.4) is 0 Å². The van der Waals surface area contributed by atoms with Gasteiger partial charge in [0.25, 0.3) is 11.8 Å². The number of carboxylic acids is 1. The van der Waals surface area contributed by atoms with Crippen LogP contribution >= 0.6 is 0 Å². The van der Waals surface area contributed by atoms with Crippen LogP contribution < -0.4 is 10.6 Å². The second-order valence-electron chi connectivity index (χ2n) is 6.86. The lowest BCUT2D eigenvalue weighted by atomic mass is 10.1. The van der Waals surface area contributed by atoms with Gasteiger partial charge in [-0.15, -0.1) is 0 Å². The molecular formula is C21H23N3O5. The number of pyridine rings is 1. The Kier molecular flexibility index (Phi) is 6.56. The number of nitrogens with one attached hydrogen (secondary N) is 2. The Morgan fingerprint density at radius 1 is 1.17 bits per heavy atom. The van der Waals surface area contributed by atoms with Gasteiger partial charge in [-0.2, -0.15) is 0 Å². The van der Waals surface area contributed by atoms with Crippen molar-refractivity contribution in [2.75, 3.05) is 13.2 Å². The van der Waals surface area contributed by atoms with Crippen molar-refractivity contribution in [3.63, 3.8) is 0 Å². The lowest BCUT2D eigenvalue weighted by molar-refractivity contribution is 0.0694. The highest BCUT2D eigenvalue weighted by Crippen LogP contribution is 2.12. The van der Waals surface area contributed by atoms with Gasteiger partial charge in [-0.25, -0.2) is 9.78 Å². The number of hydrogen-bond acceptors (Lipinski definition) is 5. The molecule has 0 radical (unpaired) electrons. The number of ether oxygens (including phenoxy) is 1. The summed E-state index contributed by atoms with van der Waals surface area (Å²) >= 11 is 0. The summed E-state index contributed by atoms with van der Waals surface area (Å²) in [6.45, 7) is 2.98. The minimum Gasteiger partial charge on any atom is -0.478 e. The zero-order valence-corrected chi connectivity index (χ0v) is 16.1. The number of benzene rings is 1. The third-order valence-electron chi connectivity index (χ3n) is 4.71. The van der Waals surface area contributed by atoms with Crippen LogP contribution in [0.4, 0.5) is 0 Å². The Labute approximate surface area is 168 Å². The van der Waals surface area contributed by atoms with E-state index in [9.17, 15) is 14.4 Å². The molecule has 1 aromatic carbocycles. The topological polar surface area (TPSA) is 118 Å². The second kappa shape index (κ2) is 9.29. The quantitative estimate of drug-likeness (QED) is 0.657. The molecule has 1 fully saturated rings. The molecule has 2 aromatic rings. The Balaban J connectivity index is 1.57.